The monoisotopic (exact) mass is 481 g/mol. The number of amides is 1. The first-order chi connectivity index (χ1) is 16.3. The second-order valence-electron chi connectivity index (χ2n) is 9.40. The van der Waals surface area contributed by atoms with E-state index in [1.165, 1.54) is 0 Å². The summed E-state index contributed by atoms with van der Waals surface area (Å²) in [5.74, 6) is 0.882. The third-order valence-corrected chi connectivity index (χ3v) is 8.83. The van der Waals surface area contributed by atoms with E-state index in [0.717, 1.165) is 36.3 Å². The number of carbonyl (C=O) groups excluding carboxylic acids is 1. The van der Waals surface area contributed by atoms with Crippen LogP contribution in [0, 0.1) is 13.8 Å². The molecule has 5 rings (SSSR count). The van der Waals surface area contributed by atoms with Gasteiger partial charge in [0.25, 0.3) is 5.91 Å². The van der Waals surface area contributed by atoms with Gasteiger partial charge in [0.1, 0.15) is 11.3 Å². The fraction of sp³-hybridized carbons (Fsp3) is 0.480. The number of aromatic nitrogens is 3. The molecule has 0 aliphatic carbocycles. The van der Waals surface area contributed by atoms with Gasteiger partial charge >= 0.3 is 0 Å². The van der Waals surface area contributed by atoms with Gasteiger partial charge in [0.05, 0.1) is 28.8 Å². The Kier molecular flexibility index (Phi) is 5.93. The van der Waals surface area contributed by atoms with E-state index >= 15 is 0 Å². The van der Waals surface area contributed by atoms with E-state index in [0.29, 0.717) is 42.2 Å². The number of pyridine rings is 1. The van der Waals surface area contributed by atoms with Gasteiger partial charge in [0, 0.05) is 31.7 Å². The highest BCUT2D eigenvalue weighted by atomic mass is 32.2. The van der Waals surface area contributed by atoms with E-state index in [-0.39, 0.29) is 23.5 Å². The van der Waals surface area contributed by atoms with Gasteiger partial charge in [-0.15, -0.1) is 0 Å². The number of piperazine rings is 1. The standard InChI is InChI=1S/C25H31N5O3S/c1-4-28-10-12-29(13-11-28)25(31)24-23-22(15-21(27-24)19-7-5-17(2)6-8-19)30(18(3)26-23)20-9-14-34(32,33)16-20/h5-8,15,20H,4,9-14,16H2,1-3H3. The van der Waals surface area contributed by atoms with E-state index < -0.39 is 9.84 Å². The molecule has 9 heteroatoms. The summed E-state index contributed by atoms with van der Waals surface area (Å²) in [7, 11) is -3.07. The summed E-state index contributed by atoms with van der Waals surface area (Å²) in [6.45, 7) is 10.0. The molecule has 2 saturated heterocycles. The van der Waals surface area contributed by atoms with Crippen LogP contribution in [0.25, 0.3) is 22.3 Å². The number of rotatable bonds is 4. The van der Waals surface area contributed by atoms with Gasteiger partial charge in [0.2, 0.25) is 0 Å². The highest BCUT2D eigenvalue weighted by Gasteiger charge is 2.33. The fourth-order valence-corrected chi connectivity index (χ4v) is 6.79. The number of imidazole rings is 1. The summed E-state index contributed by atoms with van der Waals surface area (Å²) >= 11 is 0. The van der Waals surface area contributed by atoms with Gasteiger partial charge in [-0.25, -0.2) is 18.4 Å². The van der Waals surface area contributed by atoms with Crippen molar-refractivity contribution in [3.05, 3.63) is 47.4 Å². The van der Waals surface area contributed by atoms with Gasteiger partial charge in [-0.3, -0.25) is 4.79 Å². The lowest BCUT2D eigenvalue weighted by atomic mass is 10.1. The predicted octanol–water partition coefficient (Wildman–Crippen LogP) is 2.85. The van der Waals surface area contributed by atoms with E-state index in [1.807, 2.05) is 53.6 Å². The third kappa shape index (κ3) is 4.22. The Morgan fingerprint density at radius 1 is 1.06 bits per heavy atom. The van der Waals surface area contributed by atoms with Crippen molar-refractivity contribution in [2.45, 2.75) is 33.2 Å². The van der Waals surface area contributed by atoms with Crippen LogP contribution in [0.4, 0.5) is 0 Å². The molecule has 2 fully saturated rings. The van der Waals surface area contributed by atoms with Crippen LogP contribution in [0.3, 0.4) is 0 Å². The van der Waals surface area contributed by atoms with Crippen molar-refractivity contribution in [3.63, 3.8) is 0 Å². The molecule has 1 amide bonds. The Morgan fingerprint density at radius 3 is 2.38 bits per heavy atom. The minimum absolute atomic E-state index is 0.101. The highest BCUT2D eigenvalue weighted by molar-refractivity contribution is 7.91. The van der Waals surface area contributed by atoms with E-state index in [9.17, 15) is 13.2 Å². The minimum Gasteiger partial charge on any atom is -0.335 e. The Balaban J connectivity index is 1.64. The smallest absolute Gasteiger partial charge is 0.274 e. The molecule has 0 bridgehead atoms. The maximum Gasteiger partial charge on any atom is 0.274 e. The molecule has 1 unspecified atom stereocenters. The molecule has 8 nitrogen and oxygen atoms in total. The lowest BCUT2D eigenvalue weighted by Crippen LogP contribution is -2.48. The molecule has 1 aromatic carbocycles. The number of hydrogen-bond acceptors (Lipinski definition) is 6. The average Bonchev–Trinajstić information content (AvgIpc) is 3.35. The van der Waals surface area contributed by atoms with Gasteiger partial charge in [0.15, 0.2) is 15.5 Å². The first kappa shape index (κ1) is 23.0. The van der Waals surface area contributed by atoms with Gasteiger partial charge in [-0.2, -0.15) is 0 Å². The molecule has 0 radical (unpaired) electrons. The Hall–Kier alpha value is -2.78. The van der Waals surface area contributed by atoms with E-state index in [1.54, 1.807) is 0 Å². The number of hydrogen-bond donors (Lipinski definition) is 0. The fourth-order valence-electron chi connectivity index (χ4n) is 5.09. The van der Waals surface area contributed by atoms with Crippen LogP contribution in [0.2, 0.25) is 0 Å². The van der Waals surface area contributed by atoms with Crippen LogP contribution in [0.15, 0.2) is 30.3 Å². The summed E-state index contributed by atoms with van der Waals surface area (Å²) in [4.78, 5) is 27.5. The van der Waals surface area contributed by atoms with Gasteiger partial charge in [-0.1, -0.05) is 36.8 Å². The summed E-state index contributed by atoms with van der Waals surface area (Å²) < 4.78 is 26.5. The van der Waals surface area contributed by atoms with Gasteiger partial charge in [-0.05, 0) is 32.9 Å². The summed E-state index contributed by atoms with van der Waals surface area (Å²) in [6, 6.07) is 9.84. The van der Waals surface area contributed by atoms with Crippen molar-refractivity contribution in [2.24, 2.45) is 0 Å². The summed E-state index contributed by atoms with van der Waals surface area (Å²) in [5, 5.41) is 0. The molecule has 2 aliphatic rings. The van der Waals surface area contributed by atoms with Crippen LogP contribution in [0.1, 0.15) is 41.3 Å². The maximum absolute atomic E-state index is 13.7. The van der Waals surface area contributed by atoms with Crippen molar-refractivity contribution in [3.8, 4) is 11.3 Å². The summed E-state index contributed by atoms with van der Waals surface area (Å²) in [6.07, 6.45) is 0.555. The number of likely N-dealkylation sites (N-methyl/N-ethyl adjacent to an activating group) is 1. The molecule has 4 heterocycles. The van der Waals surface area contributed by atoms with Crippen molar-refractivity contribution < 1.29 is 13.2 Å². The molecule has 0 N–H and O–H groups in total. The van der Waals surface area contributed by atoms with Crippen LogP contribution in [-0.2, 0) is 9.84 Å². The largest absolute Gasteiger partial charge is 0.335 e. The number of sulfone groups is 1. The molecule has 3 aromatic rings. The molecular formula is C25H31N5O3S. The van der Waals surface area contributed by atoms with Crippen LogP contribution < -0.4 is 0 Å². The molecular weight excluding hydrogens is 450 g/mol. The number of aryl methyl sites for hydroxylation is 2. The lowest BCUT2D eigenvalue weighted by Gasteiger charge is -2.33. The summed E-state index contributed by atoms with van der Waals surface area (Å²) in [5.41, 5.74) is 4.45. The molecule has 34 heavy (non-hydrogen) atoms. The van der Waals surface area contributed by atoms with E-state index in [2.05, 4.69) is 11.8 Å². The van der Waals surface area contributed by atoms with Crippen molar-refractivity contribution in [1.29, 1.82) is 0 Å². The number of benzene rings is 1. The van der Waals surface area contributed by atoms with Crippen LogP contribution in [0.5, 0.6) is 0 Å². The highest BCUT2D eigenvalue weighted by Crippen LogP contribution is 2.33. The molecule has 180 valence electrons. The SMILES string of the molecule is CCN1CCN(C(=O)c2nc(-c3ccc(C)cc3)cc3c2nc(C)n3C2CCS(=O)(=O)C2)CC1. The Labute approximate surface area is 200 Å². The van der Waals surface area contributed by atoms with Crippen LogP contribution >= 0.6 is 0 Å². The topological polar surface area (TPSA) is 88.4 Å². The predicted molar refractivity (Wildman–Crippen MR) is 133 cm³/mol. The zero-order valence-electron chi connectivity index (χ0n) is 20.0. The van der Waals surface area contributed by atoms with Gasteiger partial charge < -0.3 is 14.4 Å². The lowest BCUT2D eigenvalue weighted by molar-refractivity contribution is 0.0639. The maximum atomic E-state index is 13.7. The number of nitrogens with zero attached hydrogens (tertiary/aromatic N) is 5. The zero-order chi connectivity index (χ0) is 24.0. The molecule has 0 spiro atoms. The third-order valence-electron chi connectivity index (χ3n) is 7.08. The van der Waals surface area contributed by atoms with Crippen LogP contribution in [-0.4, -0.2) is 82.9 Å². The molecule has 1 atom stereocenters. The normalized spacial score (nSPS) is 20.8. The molecule has 0 saturated carbocycles. The molecule has 2 aromatic heterocycles. The molecule has 2 aliphatic heterocycles. The minimum atomic E-state index is -3.07. The Morgan fingerprint density at radius 2 is 1.76 bits per heavy atom. The first-order valence-electron chi connectivity index (χ1n) is 11.9. The average molecular weight is 482 g/mol. The van der Waals surface area contributed by atoms with Crippen molar-refractivity contribution in [1.82, 2.24) is 24.3 Å². The van der Waals surface area contributed by atoms with Crippen molar-refractivity contribution in [2.75, 3.05) is 44.2 Å². The zero-order valence-corrected chi connectivity index (χ0v) is 20.8. The van der Waals surface area contributed by atoms with E-state index in [4.69, 9.17) is 9.97 Å². The first-order valence-corrected chi connectivity index (χ1v) is 13.8. The van der Waals surface area contributed by atoms with Crippen molar-refractivity contribution >= 4 is 26.8 Å². The second-order valence-corrected chi connectivity index (χ2v) is 11.6. The number of fused-ring (bicyclic) bond motifs is 1. The Bertz CT molecular complexity index is 1340. The quantitative estimate of drug-likeness (QED) is 0.569. The number of carbonyl (C=O) groups is 1. The second kappa shape index (κ2) is 8.78.